The lowest BCUT2D eigenvalue weighted by molar-refractivity contribution is 0.188. The Bertz CT molecular complexity index is 1080. The van der Waals surface area contributed by atoms with Crippen molar-refractivity contribution in [1.82, 2.24) is 25.1 Å². The van der Waals surface area contributed by atoms with Gasteiger partial charge in [-0.25, -0.2) is 4.68 Å². The number of rotatable bonds is 7. The number of piperazine rings is 1. The first-order chi connectivity index (χ1) is 16.4. The maximum atomic E-state index is 5.77. The summed E-state index contributed by atoms with van der Waals surface area (Å²) in [6.07, 6.45) is 0. The SMILES string of the molecule is COc1ccc(N2CCN([C@H](c3cc(OC)ccc3OC)c3nnnn3C(C)(C)C)CC2)cc1. The molecule has 0 N–H and O–H groups in total. The third kappa shape index (κ3) is 4.79. The van der Waals surface area contributed by atoms with Crippen molar-refractivity contribution in [2.45, 2.75) is 32.4 Å². The molecule has 1 aromatic heterocycles. The highest BCUT2D eigenvalue weighted by Gasteiger charge is 2.35. The zero-order valence-electron chi connectivity index (χ0n) is 20.9. The molecule has 1 atom stereocenters. The van der Waals surface area contributed by atoms with Gasteiger partial charge in [0.1, 0.15) is 23.3 Å². The van der Waals surface area contributed by atoms with Crippen molar-refractivity contribution in [2.75, 3.05) is 52.4 Å². The first-order valence-corrected chi connectivity index (χ1v) is 11.5. The summed E-state index contributed by atoms with van der Waals surface area (Å²) in [6.45, 7) is 9.76. The summed E-state index contributed by atoms with van der Waals surface area (Å²) in [4.78, 5) is 4.81. The van der Waals surface area contributed by atoms with E-state index in [2.05, 4.69) is 58.2 Å². The van der Waals surface area contributed by atoms with Gasteiger partial charge in [-0.05, 0) is 73.7 Å². The molecule has 0 spiro atoms. The molecule has 4 rings (SSSR count). The number of hydrogen-bond donors (Lipinski definition) is 0. The summed E-state index contributed by atoms with van der Waals surface area (Å²) in [5.41, 5.74) is 1.91. The number of ether oxygens (including phenoxy) is 3. The van der Waals surface area contributed by atoms with Gasteiger partial charge in [0.05, 0.1) is 26.9 Å². The molecule has 0 aliphatic carbocycles. The molecule has 0 unspecified atom stereocenters. The normalized spacial score (nSPS) is 15.8. The van der Waals surface area contributed by atoms with Crippen molar-refractivity contribution in [3.63, 3.8) is 0 Å². The quantitative estimate of drug-likeness (QED) is 0.525. The molecule has 1 aliphatic heterocycles. The minimum atomic E-state index is -0.270. The maximum Gasteiger partial charge on any atom is 0.173 e. The molecule has 34 heavy (non-hydrogen) atoms. The molecule has 0 amide bonds. The number of tetrazole rings is 1. The van der Waals surface area contributed by atoms with E-state index in [1.54, 1.807) is 21.3 Å². The summed E-state index contributed by atoms with van der Waals surface area (Å²) in [5, 5.41) is 12.9. The number of aromatic nitrogens is 4. The molecule has 0 radical (unpaired) electrons. The highest BCUT2D eigenvalue weighted by atomic mass is 16.5. The molecule has 2 heterocycles. The summed E-state index contributed by atoms with van der Waals surface area (Å²) in [7, 11) is 5.05. The Labute approximate surface area is 201 Å². The molecule has 9 heteroatoms. The van der Waals surface area contributed by atoms with E-state index in [4.69, 9.17) is 14.2 Å². The smallest absolute Gasteiger partial charge is 0.173 e. The van der Waals surface area contributed by atoms with E-state index in [-0.39, 0.29) is 11.6 Å². The van der Waals surface area contributed by atoms with Crippen LogP contribution in [0.1, 0.15) is 38.2 Å². The molecule has 9 nitrogen and oxygen atoms in total. The van der Waals surface area contributed by atoms with Gasteiger partial charge < -0.3 is 19.1 Å². The molecule has 0 bridgehead atoms. The predicted octanol–water partition coefficient (Wildman–Crippen LogP) is 3.37. The fourth-order valence-electron chi connectivity index (χ4n) is 4.43. The number of nitrogens with zero attached hydrogens (tertiary/aromatic N) is 6. The molecule has 1 saturated heterocycles. The Balaban J connectivity index is 1.68. The van der Waals surface area contributed by atoms with Crippen LogP contribution in [0.25, 0.3) is 0 Å². The van der Waals surface area contributed by atoms with E-state index in [1.165, 1.54) is 5.69 Å². The van der Waals surface area contributed by atoms with Crippen LogP contribution in [0.2, 0.25) is 0 Å². The molecule has 2 aromatic carbocycles. The second-order valence-corrected chi connectivity index (χ2v) is 9.35. The molecule has 182 valence electrons. The summed E-state index contributed by atoms with van der Waals surface area (Å²) in [5.74, 6) is 3.21. The Kier molecular flexibility index (Phi) is 6.92. The van der Waals surface area contributed by atoms with Gasteiger partial charge in [0.25, 0.3) is 0 Å². The fourth-order valence-corrected chi connectivity index (χ4v) is 4.43. The minimum absolute atomic E-state index is 0.183. The Morgan fingerprint density at radius 1 is 0.824 bits per heavy atom. The van der Waals surface area contributed by atoms with Gasteiger partial charge in [-0.2, -0.15) is 0 Å². The molecule has 3 aromatic rings. The maximum absolute atomic E-state index is 5.77. The van der Waals surface area contributed by atoms with Crippen molar-refractivity contribution < 1.29 is 14.2 Å². The van der Waals surface area contributed by atoms with Crippen LogP contribution in [0.4, 0.5) is 5.69 Å². The van der Waals surface area contributed by atoms with E-state index in [0.717, 1.165) is 54.8 Å². The van der Waals surface area contributed by atoms with E-state index < -0.39 is 0 Å². The van der Waals surface area contributed by atoms with Crippen LogP contribution in [-0.4, -0.2) is 72.6 Å². The lowest BCUT2D eigenvalue weighted by Crippen LogP contribution is -2.48. The van der Waals surface area contributed by atoms with Crippen LogP contribution in [-0.2, 0) is 5.54 Å². The van der Waals surface area contributed by atoms with Crippen LogP contribution in [0.3, 0.4) is 0 Å². The fraction of sp³-hybridized carbons (Fsp3) is 0.480. The molecule has 0 saturated carbocycles. The van der Waals surface area contributed by atoms with Crippen LogP contribution in [0.15, 0.2) is 42.5 Å². The van der Waals surface area contributed by atoms with Crippen molar-refractivity contribution >= 4 is 5.69 Å². The molecule has 1 aliphatic rings. The third-order valence-electron chi connectivity index (χ3n) is 6.22. The number of anilines is 1. The first-order valence-electron chi connectivity index (χ1n) is 11.5. The number of hydrogen-bond acceptors (Lipinski definition) is 8. The van der Waals surface area contributed by atoms with Crippen molar-refractivity contribution in [3.05, 3.63) is 53.9 Å². The highest BCUT2D eigenvalue weighted by Crippen LogP contribution is 2.38. The van der Waals surface area contributed by atoms with Gasteiger partial charge in [-0.15, -0.1) is 5.10 Å². The highest BCUT2D eigenvalue weighted by molar-refractivity contribution is 5.50. The second kappa shape index (κ2) is 9.89. The predicted molar refractivity (Wildman–Crippen MR) is 131 cm³/mol. The summed E-state index contributed by atoms with van der Waals surface area (Å²) >= 11 is 0. The van der Waals surface area contributed by atoms with Gasteiger partial charge in [-0.1, -0.05) is 0 Å². The Morgan fingerprint density at radius 2 is 1.47 bits per heavy atom. The van der Waals surface area contributed by atoms with E-state index in [0.29, 0.717) is 0 Å². The van der Waals surface area contributed by atoms with Crippen molar-refractivity contribution in [3.8, 4) is 17.2 Å². The van der Waals surface area contributed by atoms with Crippen LogP contribution < -0.4 is 19.1 Å². The molecular formula is C25H34N6O3. The van der Waals surface area contributed by atoms with Crippen LogP contribution in [0, 0.1) is 0 Å². The lowest BCUT2D eigenvalue weighted by atomic mass is 10.00. The van der Waals surface area contributed by atoms with Gasteiger partial charge in [0.2, 0.25) is 0 Å². The summed E-state index contributed by atoms with van der Waals surface area (Å²) < 4.78 is 18.5. The largest absolute Gasteiger partial charge is 0.497 e. The molecular weight excluding hydrogens is 432 g/mol. The van der Waals surface area contributed by atoms with Crippen molar-refractivity contribution in [2.24, 2.45) is 0 Å². The van der Waals surface area contributed by atoms with E-state index >= 15 is 0 Å². The molecule has 1 fully saturated rings. The van der Waals surface area contributed by atoms with Crippen LogP contribution >= 0.6 is 0 Å². The summed E-state index contributed by atoms with van der Waals surface area (Å²) in [6, 6.07) is 13.9. The zero-order valence-corrected chi connectivity index (χ0v) is 20.9. The van der Waals surface area contributed by atoms with E-state index in [9.17, 15) is 0 Å². The van der Waals surface area contributed by atoms with Crippen LogP contribution in [0.5, 0.6) is 17.2 Å². The van der Waals surface area contributed by atoms with Crippen molar-refractivity contribution in [1.29, 1.82) is 0 Å². The number of benzene rings is 2. The Hall–Kier alpha value is -3.33. The first kappa shape index (κ1) is 23.8. The Morgan fingerprint density at radius 3 is 2.06 bits per heavy atom. The standard InChI is InChI=1S/C25H34N6O3/c1-25(2,3)31-24(26-27-28-31)23(21-17-20(33-5)11-12-22(21)34-6)30-15-13-29(14-16-30)18-7-9-19(32-4)10-8-18/h7-12,17,23H,13-16H2,1-6H3/t23-/m1/s1. The average molecular weight is 467 g/mol. The number of methoxy groups -OCH3 is 3. The van der Waals surface area contributed by atoms with Gasteiger partial charge in [-0.3, -0.25) is 4.90 Å². The second-order valence-electron chi connectivity index (χ2n) is 9.35. The monoisotopic (exact) mass is 466 g/mol. The van der Waals surface area contributed by atoms with Gasteiger partial charge in [0, 0.05) is 37.4 Å². The zero-order chi connectivity index (χ0) is 24.3. The average Bonchev–Trinajstić information content (AvgIpc) is 3.35. The van der Waals surface area contributed by atoms with Gasteiger partial charge in [0.15, 0.2) is 5.82 Å². The van der Waals surface area contributed by atoms with E-state index in [1.807, 2.05) is 35.0 Å². The van der Waals surface area contributed by atoms with Gasteiger partial charge >= 0.3 is 0 Å². The lowest BCUT2D eigenvalue weighted by Gasteiger charge is -2.40. The minimum Gasteiger partial charge on any atom is -0.497 e. The third-order valence-corrected chi connectivity index (χ3v) is 6.22. The topological polar surface area (TPSA) is 77.8 Å².